The van der Waals surface area contributed by atoms with Crippen LogP contribution in [0.3, 0.4) is 0 Å². The number of rotatable bonds is 6. The first kappa shape index (κ1) is 21.2. The van der Waals surface area contributed by atoms with Crippen molar-refractivity contribution < 1.29 is 22.7 Å². The normalized spacial score (nSPS) is 22.7. The van der Waals surface area contributed by atoms with Crippen LogP contribution in [0, 0.1) is 5.92 Å². The molecule has 0 spiro atoms. The van der Waals surface area contributed by atoms with Crippen molar-refractivity contribution in [1.29, 1.82) is 0 Å². The van der Waals surface area contributed by atoms with Gasteiger partial charge in [0.25, 0.3) is 5.56 Å². The molecular weight excluding hydrogens is 415 g/mol. The zero-order valence-electron chi connectivity index (χ0n) is 16.6. The van der Waals surface area contributed by atoms with Crippen LogP contribution in [0.5, 0.6) is 5.75 Å². The molecule has 2 fully saturated rings. The van der Waals surface area contributed by atoms with E-state index in [4.69, 9.17) is 4.74 Å². The first-order valence-corrected chi connectivity index (χ1v) is 10.1. The number of aryl methyl sites for hydroxylation is 1. The molecule has 1 aliphatic heterocycles. The molecule has 2 unspecified atom stereocenters. The van der Waals surface area contributed by atoms with Gasteiger partial charge in [-0.05, 0) is 43.4 Å². The predicted molar refractivity (Wildman–Crippen MR) is 105 cm³/mol. The van der Waals surface area contributed by atoms with Gasteiger partial charge in [-0.25, -0.2) is 4.79 Å². The van der Waals surface area contributed by atoms with Crippen molar-refractivity contribution in [2.75, 3.05) is 6.61 Å². The van der Waals surface area contributed by atoms with Crippen LogP contribution in [0.25, 0.3) is 0 Å². The topological polar surface area (TPSA) is 84.4 Å². The van der Waals surface area contributed by atoms with Crippen LogP contribution in [0.4, 0.5) is 13.2 Å². The number of amides is 1. The summed E-state index contributed by atoms with van der Waals surface area (Å²) in [7, 11) is 0. The van der Waals surface area contributed by atoms with Crippen molar-refractivity contribution in [3.63, 3.8) is 0 Å². The lowest BCUT2D eigenvalue weighted by molar-refractivity contribution is -0.137. The highest BCUT2D eigenvalue weighted by Crippen LogP contribution is 2.43. The maximum atomic E-state index is 12.9. The second-order valence-electron chi connectivity index (χ2n) is 7.99. The van der Waals surface area contributed by atoms with E-state index < -0.39 is 23.0 Å². The molecule has 3 atom stereocenters. The molecule has 1 amide bonds. The van der Waals surface area contributed by atoms with Crippen molar-refractivity contribution in [2.45, 2.75) is 50.5 Å². The maximum absolute atomic E-state index is 12.9. The Balaban J connectivity index is 1.42. The number of alkyl halides is 3. The molecular formula is C21H22F3N3O4. The number of nitrogens with zero attached hydrogens (tertiary/aromatic N) is 2. The van der Waals surface area contributed by atoms with Crippen molar-refractivity contribution >= 4 is 5.91 Å². The lowest BCUT2D eigenvalue weighted by atomic mass is 9.99. The zero-order chi connectivity index (χ0) is 22.2. The van der Waals surface area contributed by atoms with Crippen LogP contribution in [-0.2, 0) is 17.5 Å². The van der Waals surface area contributed by atoms with Gasteiger partial charge in [0.2, 0.25) is 5.91 Å². The molecule has 2 aliphatic rings. The standard InChI is InChI=1S/C21H22F3N3O4/c22-21(23,24)14-2-1-3-16(11-14)31-12-17-13-4-5-15(10-13)27(17)19(29)7-9-26-8-6-18(28)25-20(26)30/h1-3,6,8,11,13,15,17H,4-5,7,9-10,12H2,(H,25,28,30)/t13?,15?,17-/m0/s1. The molecule has 10 heteroatoms. The summed E-state index contributed by atoms with van der Waals surface area (Å²) in [5, 5.41) is 0. The van der Waals surface area contributed by atoms with E-state index >= 15 is 0 Å². The van der Waals surface area contributed by atoms with Gasteiger partial charge in [-0.3, -0.25) is 14.6 Å². The van der Waals surface area contributed by atoms with Crippen LogP contribution in [0.15, 0.2) is 46.1 Å². The van der Waals surface area contributed by atoms with Gasteiger partial charge < -0.3 is 14.2 Å². The number of carbonyl (C=O) groups is 1. The Labute approximate surface area is 175 Å². The van der Waals surface area contributed by atoms with Crippen LogP contribution < -0.4 is 16.0 Å². The van der Waals surface area contributed by atoms with E-state index in [0.29, 0.717) is 0 Å². The van der Waals surface area contributed by atoms with Crippen LogP contribution in [0.1, 0.15) is 31.2 Å². The van der Waals surface area contributed by atoms with Gasteiger partial charge >= 0.3 is 11.9 Å². The summed E-state index contributed by atoms with van der Waals surface area (Å²) in [5.74, 6) is 0.225. The SMILES string of the molecule is O=C(CCn1ccc(=O)[nH]c1=O)N1C2CCC(C2)[C@@H]1COc1cccc(C(F)(F)F)c1. The number of likely N-dealkylation sites (tertiary alicyclic amines) is 1. The number of aromatic amines is 1. The fourth-order valence-corrected chi connectivity index (χ4v) is 4.61. The average molecular weight is 437 g/mol. The average Bonchev–Trinajstić information content (AvgIpc) is 3.32. The Morgan fingerprint density at radius 2 is 2.00 bits per heavy atom. The van der Waals surface area contributed by atoms with Crippen molar-refractivity contribution in [1.82, 2.24) is 14.5 Å². The number of halogens is 3. The molecule has 1 aromatic carbocycles. The van der Waals surface area contributed by atoms with Gasteiger partial charge in [-0.2, -0.15) is 13.2 Å². The molecule has 31 heavy (non-hydrogen) atoms. The fraction of sp³-hybridized carbons (Fsp3) is 0.476. The molecule has 1 saturated heterocycles. The van der Waals surface area contributed by atoms with E-state index in [-0.39, 0.29) is 49.2 Å². The van der Waals surface area contributed by atoms with E-state index in [9.17, 15) is 27.6 Å². The Morgan fingerprint density at radius 1 is 1.19 bits per heavy atom. The molecule has 1 aromatic heterocycles. The molecule has 0 radical (unpaired) electrons. The first-order valence-electron chi connectivity index (χ1n) is 10.1. The lowest BCUT2D eigenvalue weighted by Crippen LogP contribution is -2.48. The van der Waals surface area contributed by atoms with Crippen LogP contribution >= 0.6 is 0 Å². The zero-order valence-corrected chi connectivity index (χ0v) is 16.6. The van der Waals surface area contributed by atoms with Gasteiger partial charge in [0.05, 0.1) is 11.6 Å². The third-order valence-electron chi connectivity index (χ3n) is 6.07. The van der Waals surface area contributed by atoms with Crippen LogP contribution in [-0.4, -0.2) is 39.0 Å². The number of carbonyl (C=O) groups excluding carboxylic acids is 1. The molecule has 1 aliphatic carbocycles. The molecule has 2 heterocycles. The van der Waals surface area contributed by atoms with E-state index in [0.717, 1.165) is 31.4 Å². The fourth-order valence-electron chi connectivity index (χ4n) is 4.61. The monoisotopic (exact) mass is 437 g/mol. The summed E-state index contributed by atoms with van der Waals surface area (Å²) >= 11 is 0. The van der Waals surface area contributed by atoms with Gasteiger partial charge in [0, 0.05) is 31.3 Å². The second kappa shape index (κ2) is 8.24. The van der Waals surface area contributed by atoms with Crippen molar-refractivity contribution in [2.24, 2.45) is 5.92 Å². The number of hydrogen-bond acceptors (Lipinski definition) is 4. The number of aromatic nitrogens is 2. The molecule has 2 aromatic rings. The van der Waals surface area contributed by atoms with Crippen LogP contribution in [0.2, 0.25) is 0 Å². The summed E-state index contributed by atoms with van der Waals surface area (Å²) in [6.45, 7) is 0.246. The van der Waals surface area contributed by atoms with Gasteiger partial charge in [-0.15, -0.1) is 0 Å². The van der Waals surface area contributed by atoms with E-state index in [2.05, 4.69) is 4.98 Å². The lowest BCUT2D eigenvalue weighted by Gasteiger charge is -2.35. The number of ether oxygens (including phenoxy) is 1. The van der Waals surface area contributed by atoms with Crippen molar-refractivity contribution in [3.05, 3.63) is 62.9 Å². The van der Waals surface area contributed by atoms with Gasteiger partial charge in [-0.1, -0.05) is 6.07 Å². The Bertz CT molecular complexity index is 1080. The minimum Gasteiger partial charge on any atom is -0.491 e. The Kier molecular flexibility index (Phi) is 5.63. The minimum absolute atomic E-state index is 0.0786. The molecule has 1 N–H and O–H groups in total. The molecule has 4 rings (SSSR count). The number of fused-ring (bicyclic) bond motifs is 2. The number of piperidine rings is 1. The van der Waals surface area contributed by atoms with E-state index in [1.807, 2.05) is 0 Å². The highest BCUT2D eigenvalue weighted by molar-refractivity contribution is 5.77. The summed E-state index contributed by atoms with van der Waals surface area (Å²) in [6.07, 6.45) is -0.345. The number of hydrogen-bond donors (Lipinski definition) is 1. The quantitative estimate of drug-likeness (QED) is 0.752. The maximum Gasteiger partial charge on any atom is 0.416 e. The van der Waals surface area contributed by atoms with Crippen molar-refractivity contribution in [3.8, 4) is 5.75 Å². The summed E-state index contributed by atoms with van der Waals surface area (Å²) in [6, 6.07) is 5.80. The molecule has 7 nitrogen and oxygen atoms in total. The number of nitrogens with one attached hydrogen (secondary N) is 1. The molecule has 166 valence electrons. The van der Waals surface area contributed by atoms with Gasteiger partial charge in [0.1, 0.15) is 12.4 Å². The third kappa shape index (κ3) is 4.52. The summed E-state index contributed by atoms with van der Waals surface area (Å²) in [4.78, 5) is 39.8. The third-order valence-corrected chi connectivity index (χ3v) is 6.07. The van der Waals surface area contributed by atoms with Gasteiger partial charge in [0.15, 0.2) is 0 Å². The summed E-state index contributed by atoms with van der Waals surface area (Å²) in [5.41, 5.74) is -1.86. The molecule has 2 bridgehead atoms. The largest absolute Gasteiger partial charge is 0.491 e. The highest BCUT2D eigenvalue weighted by Gasteiger charge is 2.48. The second-order valence-corrected chi connectivity index (χ2v) is 7.99. The van der Waals surface area contributed by atoms with E-state index in [1.165, 1.54) is 29.0 Å². The first-order chi connectivity index (χ1) is 14.7. The Hall–Kier alpha value is -3.04. The smallest absolute Gasteiger partial charge is 0.416 e. The van der Waals surface area contributed by atoms with E-state index in [1.54, 1.807) is 4.90 Å². The predicted octanol–water partition coefficient (Wildman–Crippen LogP) is 2.40. The number of H-pyrrole nitrogens is 1. The highest BCUT2D eigenvalue weighted by atomic mass is 19.4. The Morgan fingerprint density at radius 3 is 2.74 bits per heavy atom. The number of benzene rings is 1. The molecule has 1 saturated carbocycles. The minimum atomic E-state index is -4.45. The summed E-state index contributed by atoms with van der Waals surface area (Å²) < 4.78 is 45.7.